The molecule has 0 radical (unpaired) electrons. The number of ether oxygens (including phenoxy) is 1. The minimum Gasteiger partial charge on any atom is -0.406 e. The number of carbonyl (C=O) groups excluding carboxylic acids is 1. The van der Waals surface area contributed by atoms with Gasteiger partial charge in [0, 0.05) is 48.8 Å². The van der Waals surface area contributed by atoms with Crippen molar-refractivity contribution >= 4 is 23.4 Å². The number of nitrogens with one attached hydrogen (secondary N) is 1. The second-order valence-corrected chi connectivity index (χ2v) is 7.98. The summed E-state index contributed by atoms with van der Waals surface area (Å²) in [5.41, 5.74) is 4.04. The number of carbonyl (C=O) groups is 1. The number of anilines is 3. The molecule has 2 aromatic heterocycles. The number of rotatable bonds is 4. The van der Waals surface area contributed by atoms with Gasteiger partial charge in [-0.15, -0.1) is 18.3 Å². The Hall–Kier alpha value is -3.76. The van der Waals surface area contributed by atoms with Gasteiger partial charge in [0.2, 0.25) is 0 Å². The minimum absolute atomic E-state index is 0.170. The van der Waals surface area contributed by atoms with E-state index in [-0.39, 0.29) is 11.8 Å². The number of hydrogen-bond acceptors (Lipinski definition) is 5. The number of nitrogens with zero attached hydrogens (tertiary/aromatic N) is 5. The van der Waals surface area contributed by atoms with E-state index >= 15 is 0 Å². The SMILES string of the molecule is Cc1cc(-n2ccc(N3CCNC3=O)n2)c2c(n1)N(c1ccc(OC(F)(F)F)cc1C)CC2. The first-order valence-electron chi connectivity index (χ1n) is 10.5. The first kappa shape index (κ1) is 21.1. The Morgan fingerprint density at radius 3 is 2.58 bits per heavy atom. The van der Waals surface area contributed by atoms with Crippen LogP contribution in [0.1, 0.15) is 16.8 Å². The summed E-state index contributed by atoms with van der Waals surface area (Å²) in [4.78, 5) is 20.3. The summed E-state index contributed by atoms with van der Waals surface area (Å²) >= 11 is 0. The van der Waals surface area contributed by atoms with Crippen LogP contribution in [-0.2, 0) is 6.42 Å². The van der Waals surface area contributed by atoms with Crippen molar-refractivity contribution in [2.75, 3.05) is 29.4 Å². The van der Waals surface area contributed by atoms with Crippen molar-refractivity contribution in [2.24, 2.45) is 0 Å². The predicted molar refractivity (Wildman–Crippen MR) is 115 cm³/mol. The zero-order valence-corrected chi connectivity index (χ0v) is 18.0. The first-order valence-corrected chi connectivity index (χ1v) is 10.5. The van der Waals surface area contributed by atoms with Gasteiger partial charge in [-0.3, -0.25) is 4.90 Å². The summed E-state index contributed by atoms with van der Waals surface area (Å²) in [6, 6.07) is 7.87. The lowest BCUT2D eigenvalue weighted by molar-refractivity contribution is -0.274. The lowest BCUT2D eigenvalue weighted by Gasteiger charge is -2.22. The second-order valence-electron chi connectivity index (χ2n) is 7.98. The molecular formula is C22H21F3N6O2. The molecule has 3 aromatic rings. The van der Waals surface area contributed by atoms with Crippen molar-refractivity contribution in [1.82, 2.24) is 20.1 Å². The maximum atomic E-state index is 12.6. The molecule has 0 atom stereocenters. The topological polar surface area (TPSA) is 75.5 Å². The molecule has 0 bridgehead atoms. The van der Waals surface area contributed by atoms with E-state index < -0.39 is 6.36 Å². The van der Waals surface area contributed by atoms with Crippen LogP contribution in [0.15, 0.2) is 36.5 Å². The third kappa shape index (κ3) is 3.94. The predicted octanol–water partition coefficient (Wildman–Crippen LogP) is 4.01. The van der Waals surface area contributed by atoms with Crippen LogP contribution >= 0.6 is 0 Å². The van der Waals surface area contributed by atoms with Crippen LogP contribution in [0.3, 0.4) is 0 Å². The fourth-order valence-electron chi connectivity index (χ4n) is 4.31. The maximum Gasteiger partial charge on any atom is 0.573 e. The van der Waals surface area contributed by atoms with Gasteiger partial charge in [0.05, 0.1) is 5.69 Å². The van der Waals surface area contributed by atoms with Gasteiger partial charge >= 0.3 is 12.4 Å². The van der Waals surface area contributed by atoms with E-state index in [9.17, 15) is 18.0 Å². The van der Waals surface area contributed by atoms with Crippen LogP contribution in [0.2, 0.25) is 0 Å². The molecule has 2 amide bonds. The Balaban J connectivity index is 1.49. The Kier molecular flexibility index (Phi) is 4.91. The van der Waals surface area contributed by atoms with Crippen molar-refractivity contribution in [1.29, 1.82) is 0 Å². The number of urea groups is 1. The molecule has 1 aromatic carbocycles. The third-order valence-corrected chi connectivity index (χ3v) is 5.70. The molecule has 5 rings (SSSR count). The molecule has 1 N–H and O–H groups in total. The number of hydrogen-bond donors (Lipinski definition) is 1. The number of pyridine rings is 1. The Morgan fingerprint density at radius 2 is 1.88 bits per heavy atom. The summed E-state index contributed by atoms with van der Waals surface area (Å²) in [5, 5.41) is 7.37. The van der Waals surface area contributed by atoms with E-state index in [1.54, 1.807) is 28.6 Å². The highest BCUT2D eigenvalue weighted by Gasteiger charge is 2.32. The molecule has 0 spiro atoms. The van der Waals surface area contributed by atoms with Crippen molar-refractivity contribution in [3.63, 3.8) is 0 Å². The standard InChI is InChI=1S/C22H21F3N6O2/c1-13-11-15(33-22(23,24)25)3-4-17(13)29-8-5-16-18(12-14(2)27-20(16)29)31-9-6-19(28-31)30-10-7-26-21(30)32/h3-4,6,9,11-12H,5,7-8,10H2,1-2H3,(H,26,32). The van der Waals surface area contributed by atoms with Crippen LogP contribution in [0.25, 0.3) is 5.69 Å². The van der Waals surface area contributed by atoms with Gasteiger partial charge in [0.15, 0.2) is 5.82 Å². The zero-order valence-electron chi connectivity index (χ0n) is 18.0. The molecule has 0 aliphatic carbocycles. The molecule has 172 valence electrons. The van der Waals surface area contributed by atoms with Gasteiger partial charge in [-0.05, 0) is 50.1 Å². The Bertz CT molecular complexity index is 1240. The van der Waals surface area contributed by atoms with Crippen molar-refractivity contribution in [3.05, 3.63) is 53.3 Å². The van der Waals surface area contributed by atoms with Gasteiger partial charge in [0.1, 0.15) is 11.6 Å². The normalized spacial score (nSPS) is 15.7. The number of halogens is 3. The van der Waals surface area contributed by atoms with Crippen LogP contribution in [0.5, 0.6) is 5.75 Å². The quantitative estimate of drug-likeness (QED) is 0.640. The number of fused-ring (bicyclic) bond motifs is 1. The van der Waals surface area contributed by atoms with Crippen molar-refractivity contribution in [3.8, 4) is 11.4 Å². The number of alkyl halides is 3. The monoisotopic (exact) mass is 458 g/mol. The highest BCUT2D eigenvalue weighted by Crippen LogP contribution is 2.39. The summed E-state index contributed by atoms with van der Waals surface area (Å²) in [6.45, 7) is 5.39. The van der Waals surface area contributed by atoms with Gasteiger partial charge < -0.3 is 15.0 Å². The van der Waals surface area contributed by atoms with E-state index in [2.05, 4.69) is 15.2 Å². The molecule has 33 heavy (non-hydrogen) atoms. The molecule has 4 heterocycles. The summed E-state index contributed by atoms with van der Waals surface area (Å²) in [6.07, 6.45) is -2.23. The third-order valence-electron chi connectivity index (χ3n) is 5.70. The molecule has 0 unspecified atom stereocenters. The van der Waals surface area contributed by atoms with Crippen molar-refractivity contribution in [2.45, 2.75) is 26.6 Å². The summed E-state index contributed by atoms with van der Waals surface area (Å²) < 4.78 is 43.5. The largest absolute Gasteiger partial charge is 0.573 e. The summed E-state index contributed by atoms with van der Waals surface area (Å²) in [7, 11) is 0. The van der Waals surface area contributed by atoms with E-state index in [0.29, 0.717) is 37.4 Å². The zero-order chi connectivity index (χ0) is 23.3. The first-order chi connectivity index (χ1) is 15.7. The van der Waals surface area contributed by atoms with E-state index in [1.165, 1.54) is 12.1 Å². The van der Waals surface area contributed by atoms with Crippen LogP contribution < -0.4 is 19.9 Å². The molecule has 1 saturated heterocycles. The smallest absolute Gasteiger partial charge is 0.406 e. The Labute approximate surface area is 187 Å². The molecule has 2 aliphatic heterocycles. The lowest BCUT2D eigenvalue weighted by atomic mass is 10.1. The summed E-state index contributed by atoms with van der Waals surface area (Å²) in [5.74, 6) is 1.06. The van der Waals surface area contributed by atoms with Gasteiger partial charge in [-0.2, -0.15) is 0 Å². The van der Waals surface area contributed by atoms with E-state index in [1.807, 2.05) is 24.1 Å². The van der Waals surface area contributed by atoms with E-state index in [4.69, 9.17) is 4.98 Å². The van der Waals surface area contributed by atoms with Crippen molar-refractivity contribution < 1.29 is 22.7 Å². The van der Waals surface area contributed by atoms with Gasteiger partial charge in [0.25, 0.3) is 0 Å². The van der Waals surface area contributed by atoms with Crippen LogP contribution in [-0.4, -0.2) is 46.8 Å². The average Bonchev–Trinajstić information content (AvgIpc) is 3.46. The maximum absolute atomic E-state index is 12.6. The number of aromatic nitrogens is 3. The highest BCUT2D eigenvalue weighted by atomic mass is 19.4. The Morgan fingerprint density at radius 1 is 1.06 bits per heavy atom. The fraction of sp³-hybridized carbons (Fsp3) is 0.318. The second kappa shape index (κ2) is 7.68. The average molecular weight is 458 g/mol. The molecule has 8 nitrogen and oxygen atoms in total. The van der Waals surface area contributed by atoms with E-state index in [0.717, 1.165) is 28.5 Å². The van der Waals surface area contributed by atoms with Gasteiger partial charge in [-0.1, -0.05) is 0 Å². The number of aryl methyl sites for hydroxylation is 2. The molecule has 1 fully saturated rings. The molecule has 2 aliphatic rings. The minimum atomic E-state index is -4.74. The number of amides is 2. The highest BCUT2D eigenvalue weighted by molar-refractivity contribution is 5.93. The molecule has 0 saturated carbocycles. The fourth-order valence-corrected chi connectivity index (χ4v) is 4.31. The van der Waals surface area contributed by atoms with Crippen LogP contribution in [0.4, 0.5) is 35.3 Å². The molecule has 11 heteroatoms. The lowest BCUT2D eigenvalue weighted by Crippen LogP contribution is -2.28. The van der Waals surface area contributed by atoms with Gasteiger partial charge in [-0.25, -0.2) is 14.5 Å². The van der Waals surface area contributed by atoms with Crippen LogP contribution in [0, 0.1) is 13.8 Å². The molecular weight excluding hydrogens is 437 g/mol. The number of benzene rings is 1.